The topological polar surface area (TPSA) is 95.3 Å². The van der Waals surface area contributed by atoms with Gasteiger partial charge in [-0.1, -0.05) is 35.5 Å². The molecule has 1 aliphatic rings. The number of esters is 2. The Kier molecular flexibility index (Phi) is 6.66. The fourth-order valence-corrected chi connectivity index (χ4v) is 3.54. The Morgan fingerprint density at radius 2 is 1.57 bits per heavy atom. The number of carbonyl (C=O) groups excluding carboxylic acids is 2. The predicted molar refractivity (Wildman–Crippen MR) is 110 cm³/mol. The highest BCUT2D eigenvalue weighted by Gasteiger charge is 2.39. The van der Waals surface area contributed by atoms with Gasteiger partial charge in [0.05, 0.1) is 42.5 Å². The molecule has 1 aliphatic heterocycles. The van der Waals surface area contributed by atoms with E-state index in [0.29, 0.717) is 34.8 Å². The van der Waals surface area contributed by atoms with Crippen LogP contribution in [0, 0.1) is 0 Å². The Hall–Kier alpha value is -3.42. The van der Waals surface area contributed by atoms with Crippen LogP contribution < -0.4 is 5.32 Å². The number of nitrogens with zero attached hydrogens (tertiary/aromatic N) is 3. The third-order valence-electron chi connectivity index (χ3n) is 4.79. The number of dihydropyridines is 1. The van der Waals surface area contributed by atoms with Crippen LogP contribution in [0.3, 0.4) is 0 Å². The first-order valence-electron chi connectivity index (χ1n) is 9.93. The first-order chi connectivity index (χ1) is 14.5. The lowest BCUT2D eigenvalue weighted by atomic mass is 9.83. The standard InChI is InChI=1S/C22H26N4O4/c1-5-29-21(27)18-14(3)23-15(4)19(22(28)30-6-2)20(18)17-13-26(25-24-17)12-16-10-8-7-9-11-16/h7-11,13,20,23H,5-6,12H2,1-4H3. The molecule has 0 radical (unpaired) electrons. The van der Waals surface area contributed by atoms with Crippen LogP contribution >= 0.6 is 0 Å². The smallest absolute Gasteiger partial charge is 0.336 e. The molecule has 0 saturated heterocycles. The Morgan fingerprint density at radius 1 is 1.00 bits per heavy atom. The number of allylic oxidation sites excluding steroid dienone is 2. The van der Waals surface area contributed by atoms with Gasteiger partial charge in [0, 0.05) is 17.6 Å². The molecule has 1 aromatic heterocycles. The first-order valence-corrected chi connectivity index (χ1v) is 9.93. The third-order valence-corrected chi connectivity index (χ3v) is 4.79. The fourth-order valence-electron chi connectivity index (χ4n) is 3.54. The van der Waals surface area contributed by atoms with Crippen molar-refractivity contribution in [1.82, 2.24) is 20.3 Å². The zero-order valence-electron chi connectivity index (χ0n) is 17.6. The van der Waals surface area contributed by atoms with E-state index in [4.69, 9.17) is 9.47 Å². The summed E-state index contributed by atoms with van der Waals surface area (Å²) in [5, 5.41) is 11.6. The van der Waals surface area contributed by atoms with Crippen LogP contribution in [0.15, 0.2) is 59.1 Å². The van der Waals surface area contributed by atoms with Crippen molar-refractivity contribution in [3.05, 3.63) is 70.3 Å². The van der Waals surface area contributed by atoms with Crippen molar-refractivity contribution in [1.29, 1.82) is 0 Å². The zero-order chi connectivity index (χ0) is 21.7. The van der Waals surface area contributed by atoms with Crippen molar-refractivity contribution < 1.29 is 19.1 Å². The number of rotatable bonds is 7. The quantitative estimate of drug-likeness (QED) is 0.701. The molecule has 0 spiro atoms. The highest BCUT2D eigenvalue weighted by Crippen LogP contribution is 2.38. The van der Waals surface area contributed by atoms with Crippen molar-refractivity contribution in [3.63, 3.8) is 0 Å². The van der Waals surface area contributed by atoms with Crippen LogP contribution in [0.4, 0.5) is 0 Å². The molecule has 2 aromatic rings. The summed E-state index contributed by atoms with van der Waals surface area (Å²) < 4.78 is 12.2. The maximum atomic E-state index is 12.8. The summed E-state index contributed by atoms with van der Waals surface area (Å²) in [5.74, 6) is -1.73. The van der Waals surface area contributed by atoms with Crippen LogP contribution in [0.2, 0.25) is 0 Å². The number of hydrogen-bond acceptors (Lipinski definition) is 7. The molecule has 3 rings (SSSR count). The molecule has 2 heterocycles. The molecule has 8 heteroatoms. The molecule has 0 amide bonds. The molecule has 0 bridgehead atoms. The molecule has 1 aromatic carbocycles. The maximum Gasteiger partial charge on any atom is 0.336 e. The third kappa shape index (κ3) is 4.42. The Labute approximate surface area is 175 Å². The second-order valence-electron chi connectivity index (χ2n) is 6.90. The molecular weight excluding hydrogens is 384 g/mol. The van der Waals surface area contributed by atoms with Crippen molar-refractivity contribution in [2.45, 2.75) is 40.2 Å². The molecular formula is C22H26N4O4. The van der Waals surface area contributed by atoms with Gasteiger partial charge < -0.3 is 14.8 Å². The van der Waals surface area contributed by atoms with E-state index >= 15 is 0 Å². The largest absolute Gasteiger partial charge is 0.463 e. The molecule has 0 unspecified atom stereocenters. The van der Waals surface area contributed by atoms with Crippen LogP contribution in [0.1, 0.15) is 44.9 Å². The summed E-state index contributed by atoms with van der Waals surface area (Å²) in [6, 6.07) is 9.84. The summed E-state index contributed by atoms with van der Waals surface area (Å²) >= 11 is 0. The van der Waals surface area contributed by atoms with Crippen molar-refractivity contribution in [2.24, 2.45) is 0 Å². The highest BCUT2D eigenvalue weighted by atomic mass is 16.5. The predicted octanol–water partition coefficient (Wildman–Crippen LogP) is 2.69. The van der Waals surface area contributed by atoms with Gasteiger partial charge >= 0.3 is 11.9 Å². The fraction of sp³-hybridized carbons (Fsp3) is 0.364. The normalized spacial score (nSPS) is 14.5. The molecule has 0 atom stereocenters. The molecule has 158 valence electrons. The van der Waals surface area contributed by atoms with E-state index in [1.54, 1.807) is 38.6 Å². The average Bonchev–Trinajstić information content (AvgIpc) is 3.16. The second-order valence-corrected chi connectivity index (χ2v) is 6.90. The van der Waals surface area contributed by atoms with Gasteiger partial charge in [0.1, 0.15) is 0 Å². The molecule has 0 aliphatic carbocycles. The van der Waals surface area contributed by atoms with Crippen LogP contribution in [-0.4, -0.2) is 40.1 Å². The van der Waals surface area contributed by atoms with Gasteiger partial charge in [-0.3, -0.25) is 0 Å². The summed E-state index contributed by atoms with van der Waals surface area (Å²) in [6.45, 7) is 8.00. The lowest BCUT2D eigenvalue weighted by molar-refractivity contribution is -0.139. The van der Waals surface area contributed by atoms with E-state index in [0.717, 1.165) is 5.56 Å². The second kappa shape index (κ2) is 9.39. The number of carbonyl (C=O) groups is 2. The number of benzene rings is 1. The van der Waals surface area contributed by atoms with Crippen molar-refractivity contribution in [3.8, 4) is 0 Å². The van der Waals surface area contributed by atoms with Crippen LogP contribution in [0.25, 0.3) is 0 Å². The van der Waals surface area contributed by atoms with Gasteiger partial charge in [-0.05, 0) is 33.3 Å². The lowest BCUT2D eigenvalue weighted by Crippen LogP contribution is -2.32. The minimum Gasteiger partial charge on any atom is -0.463 e. The van der Waals surface area contributed by atoms with Gasteiger partial charge in [-0.15, -0.1) is 5.10 Å². The summed E-state index contributed by atoms with van der Waals surface area (Å²) in [6.07, 6.45) is 1.75. The Morgan fingerprint density at radius 3 is 2.10 bits per heavy atom. The van der Waals surface area contributed by atoms with Gasteiger partial charge in [-0.25, -0.2) is 14.3 Å². The monoisotopic (exact) mass is 410 g/mol. The minimum absolute atomic E-state index is 0.223. The van der Waals surface area contributed by atoms with Crippen LogP contribution in [0.5, 0.6) is 0 Å². The van der Waals surface area contributed by atoms with E-state index in [2.05, 4.69) is 15.6 Å². The van der Waals surface area contributed by atoms with Gasteiger partial charge in [0.15, 0.2) is 0 Å². The van der Waals surface area contributed by atoms with Gasteiger partial charge in [0.25, 0.3) is 0 Å². The Balaban J connectivity index is 2.03. The van der Waals surface area contributed by atoms with E-state index < -0.39 is 17.9 Å². The number of nitrogens with one attached hydrogen (secondary N) is 1. The molecule has 0 fully saturated rings. The summed E-state index contributed by atoms with van der Waals surface area (Å²) in [4.78, 5) is 25.5. The van der Waals surface area contributed by atoms with E-state index in [9.17, 15) is 9.59 Å². The molecule has 0 saturated carbocycles. The summed E-state index contributed by atoms with van der Waals surface area (Å²) in [5.41, 5.74) is 3.43. The first kappa shape index (κ1) is 21.3. The number of ether oxygens (including phenoxy) is 2. The number of aromatic nitrogens is 3. The maximum absolute atomic E-state index is 12.8. The lowest BCUT2D eigenvalue weighted by Gasteiger charge is -2.28. The van der Waals surface area contributed by atoms with Gasteiger partial charge in [-0.2, -0.15) is 0 Å². The van der Waals surface area contributed by atoms with E-state index in [1.807, 2.05) is 30.3 Å². The van der Waals surface area contributed by atoms with E-state index in [-0.39, 0.29) is 13.2 Å². The zero-order valence-corrected chi connectivity index (χ0v) is 17.6. The van der Waals surface area contributed by atoms with Crippen LogP contribution in [-0.2, 0) is 25.6 Å². The number of hydrogen-bond donors (Lipinski definition) is 1. The molecule has 8 nitrogen and oxygen atoms in total. The SMILES string of the molecule is CCOC(=O)C1=C(C)NC(C)=C(C(=O)OCC)C1c1cn(Cc2ccccc2)nn1. The highest BCUT2D eigenvalue weighted by molar-refractivity contribution is 5.99. The minimum atomic E-state index is -0.728. The summed E-state index contributed by atoms with van der Waals surface area (Å²) in [7, 11) is 0. The Bertz CT molecular complexity index is 952. The molecule has 30 heavy (non-hydrogen) atoms. The van der Waals surface area contributed by atoms with Crippen molar-refractivity contribution >= 4 is 11.9 Å². The molecule has 1 N–H and O–H groups in total. The average molecular weight is 410 g/mol. The van der Waals surface area contributed by atoms with Gasteiger partial charge in [0.2, 0.25) is 0 Å². The van der Waals surface area contributed by atoms with Crippen molar-refractivity contribution in [2.75, 3.05) is 13.2 Å². The van der Waals surface area contributed by atoms with E-state index in [1.165, 1.54) is 0 Å².